The quantitative estimate of drug-likeness (QED) is 0.402. The first-order valence-corrected chi connectivity index (χ1v) is 6.36. The highest BCUT2D eigenvalue weighted by molar-refractivity contribution is 6.31. The predicted molar refractivity (Wildman–Crippen MR) is 70.3 cm³/mol. The van der Waals surface area contributed by atoms with Crippen molar-refractivity contribution >= 4 is 11.6 Å². The topological polar surface area (TPSA) is 74.3 Å². The highest BCUT2D eigenvalue weighted by Gasteiger charge is 2.19. The van der Waals surface area contributed by atoms with E-state index in [4.69, 9.17) is 26.9 Å². The molecule has 18 heavy (non-hydrogen) atoms. The molecule has 6 nitrogen and oxygen atoms in total. The number of hydrazine groups is 1. The Morgan fingerprint density at radius 2 is 2.33 bits per heavy atom. The minimum atomic E-state index is -0.177. The van der Waals surface area contributed by atoms with Crippen molar-refractivity contribution < 1.29 is 9.47 Å². The number of hydrogen-bond donors (Lipinski definition) is 2. The third kappa shape index (κ3) is 4.22. The Morgan fingerprint density at radius 1 is 1.56 bits per heavy atom. The number of nitrogens with two attached hydrogens (primary N) is 1. The van der Waals surface area contributed by atoms with Crippen molar-refractivity contribution in [1.29, 1.82) is 0 Å². The lowest BCUT2D eigenvalue weighted by Crippen LogP contribution is -2.33. The van der Waals surface area contributed by atoms with Crippen molar-refractivity contribution in [1.82, 2.24) is 15.2 Å². The molecule has 0 radical (unpaired) electrons. The first kappa shape index (κ1) is 15.4. The van der Waals surface area contributed by atoms with Gasteiger partial charge in [-0.05, 0) is 6.42 Å². The molecule has 0 aliphatic carbocycles. The second kappa shape index (κ2) is 8.44. The lowest BCUT2D eigenvalue weighted by Gasteiger charge is -2.18. The molecule has 0 aliphatic heterocycles. The Hall–Kier alpha value is -0.660. The van der Waals surface area contributed by atoms with Gasteiger partial charge in [-0.25, -0.2) is 5.43 Å². The van der Waals surface area contributed by atoms with Gasteiger partial charge in [-0.3, -0.25) is 10.5 Å². The van der Waals surface area contributed by atoms with Gasteiger partial charge in [0.15, 0.2) is 0 Å². The average Bonchev–Trinajstić information content (AvgIpc) is 2.72. The minimum Gasteiger partial charge on any atom is -0.382 e. The molecule has 104 valence electrons. The van der Waals surface area contributed by atoms with Crippen LogP contribution in [0.1, 0.15) is 25.1 Å². The molecule has 0 saturated carbocycles. The smallest absolute Gasteiger partial charge is 0.0877 e. The fraction of sp³-hybridized carbons (Fsp3) is 0.727. The molecule has 1 aromatic heterocycles. The molecular formula is C11H21ClN4O2. The zero-order valence-corrected chi connectivity index (χ0v) is 11.6. The number of halogens is 1. The van der Waals surface area contributed by atoms with Gasteiger partial charge in [-0.1, -0.05) is 18.5 Å². The summed E-state index contributed by atoms with van der Waals surface area (Å²) in [6.45, 7) is 4.39. The minimum absolute atomic E-state index is 0.177. The number of aryl methyl sites for hydroxylation is 1. The largest absolute Gasteiger partial charge is 0.382 e. The van der Waals surface area contributed by atoms with Crippen LogP contribution in [0.15, 0.2) is 6.20 Å². The molecule has 1 atom stereocenters. The van der Waals surface area contributed by atoms with E-state index in [-0.39, 0.29) is 6.04 Å². The van der Waals surface area contributed by atoms with Gasteiger partial charge in [0.1, 0.15) is 0 Å². The predicted octanol–water partition coefficient (Wildman–Crippen LogP) is 1.11. The standard InChI is InChI=1S/C11H21ClN4O2/c1-3-4-16-11(9(12)7-14-16)10(15-13)8-18-6-5-17-2/h7,10,15H,3-6,8,13H2,1-2H3. The van der Waals surface area contributed by atoms with Gasteiger partial charge in [0.05, 0.1) is 42.8 Å². The molecule has 0 fully saturated rings. The van der Waals surface area contributed by atoms with E-state index in [2.05, 4.69) is 17.4 Å². The summed E-state index contributed by atoms with van der Waals surface area (Å²) in [5.41, 5.74) is 3.57. The van der Waals surface area contributed by atoms with Crippen molar-refractivity contribution in [2.24, 2.45) is 5.84 Å². The summed E-state index contributed by atoms with van der Waals surface area (Å²) in [6.07, 6.45) is 2.61. The third-order valence-electron chi connectivity index (χ3n) is 2.52. The monoisotopic (exact) mass is 276 g/mol. The number of nitrogens with zero attached hydrogens (tertiary/aromatic N) is 2. The first-order valence-electron chi connectivity index (χ1n) is 5.98. The lowest BCUT2D eigenvalue weighted by molar-refractivity contribution is 0.0573. The lowest BCUT2D eigenvalue weighted by atomic mass is 10.2. The summed E-state index contributed by atoms with van der Waals surface area (Å²) in [4.78, 5) is 0. The van der Waals surface area contributed by atoms with Crippen LogP contribution in [0.25, 0.3) is 0 Å². The van der Waals surface area contributed by atoms with Crippen molar-refractivity contribution in [3.8, 4) is 0 Å². The number of nitrogens with one attached hydrogen (secondary N) is 1. The van der Waals surface area contributed by atoms with E-state index < -0.39 is 0 Å². The molecule has 3 N–H and O–H groups in total. The molecule has 0 saturated heterocycles. The van der Waals surface area contributed by atoms with Gasteiger partial charge in [0.2, 0.25) is 0 Å². The number of aromatic nitrogens is 2. The Kier molecular flexibility index (Phi) is 7.22. The molecule has 0 bridgehead atoms. The maximum atomic E-state index is 6.14. The summed E-state index contributed by atoms with van der Waals surface area (Å²) >= 11 is 6.14. The summed E-state index contributed by atoms with van der Waals surface area (Å²) in [5, 5.41) is 4.83. The van der Waals surface area contributed by atoms with Crippen LogP contribution in [0.4, 0.5) is 0 Å². The second-order valence-electron chi connectivity index (χ2n) is 3.89. The highest BCUT2D eigenvalue weighted by atomic mass is 35.5. The Balaban J connectivity index is 2.65. The van der Waals surface area contributed by atoms with Gasteiger partial charge in [0, 0.05) is 13.7 Å². The van der Waals surface area contributed by atoms with Gasteiger partial charge in [0.25, 0.3) is 0 Å². The maximum absolute atomic E-state index is 6.14. The van der Waals surface area contributed by atoms with E-state index in [0.717, 1.165) is 18.7 Å². The molecule has 0 aliphatic rings. The van der Waals surface area contributed by atoms with Crippen molar-refractivity contribution in [3.63, 3.8) is 0 Å². The van der Waals surface area contributed by atoms with Gasteiger partial charge < -0.3 is 9.47 Å². The third-order valence-corrected chi connectivity index (χ3v) is 2.81. The van der Waals surface area contributed by atoms with Crippen LogP contribution in [-0.2, 0) is 16.0 Å². The van der Waals surface area contributed by atoms with E-state index in [1.165, 1.54) is 0 Å². The Morgan fingerprint density at radius 3 is 2.94 bits per heavy atom. The number of rotatable bonds is 9. The maximum Gasteiger partial charge on any atom is 0.0877 e. The molecule has 0 amide bonds. The SMILES string of the molecule is CCCn1ncc(Cl)c1C(COCCOC)NN. The van der Waals surface area contributed by atoms with Gasteiger partial charge in [-0.15, -0.1) is 0 Å². The Labute approximate surface area is 112 Å². The van der Waals surface area contributed by atoms with Crippen molar-refractivity contribution in [2.45, 2.75) is 25.9 Å². The van der Waals surface area contributed by atoms with Crippen molar-refractivity contribution in [2.75, 3.05) is 26.9 Å². The molecule has 1 rings (SSSR count). The van der Waals surface area contributed by atoms with Crippen LogP contribution < -0.4 is 11.3 Å². The summed E-state index contributed by atoms with van der Waals surface area (Å²) in [7, 11) is 1.63. The highest BCUT2D eigenvalue weighted by Crippen LogP contribution is 2.22. The summed E-state index contributed by atoms with van der Waals surface area (Å²) < 4.78 is 12.2. The number of ether oxygens (including phenoxy) is 2. The second-order valence-corrected chi connectivity index (χ2v) is 4.30. The number of hydrogen-bond acceptors (Lipinski definition) is 5. The molecule has 0 spiro atoms. The Bertz CT molecular complexity index is 346. The van der Waals surface area contributed by atoms with Crippen molar-refractivity contribution in [3.05, 3.63) is 16.9 Å². The van der Waals surface area contributed by atoms with Crippen LogP contribution >= 0.6 is 11.6 Å². The fourth-order valence-electron chi connectivity index (χ4n) is 1.66. The first-order chi connectivity index (χ1) is 8.74. The van der Waals surface area contributed by atoms with Crippen LogP contribution in [0, 0.1) is 0 Å². The van der Waals surface area contributed by atoms with Crippen LogP contribution in [0.3, 0.4) is 0 Å². The molecule has 1 heterocycles. The average molecular weight is 277 g/mol. The molecular weight excluding hydrogens is 256 g/mol. The summed E-state index contributed by atoms with van der Waals surface area (Å²) in [5.74, 6) is 5.55. The molecule has 7 heteroatoms. The van der Waals surface area contributed by atoms with Crippen LogP contribution in [-0.4, -0.2) is 36.7 Å². The van der Waals surface area contributed by atoms with Gasteiger partial charge >= 0.3 is 0 Å². The van der Waals surface area contributed by atoms with E-state index in [1.807, 2.05) is 4.68 Å². The van der Waals surface area contributed by atoms with E-state index in [9.17, 15) is 0 Å². The molecule has 1 unspecified atom stereocenters. The van der Waals surface area contributed by atoms with E-state index >= 15 is 0 Å². The zero-order valence-electron chi connectivity index (χ0n) is 10.9. The normalized spacial score (nSPS) is 12.9. The van der Waals surface area contributed by atoms with Gasteiger partial charge in [-0.2, -0.15) is 5.10 Å². The summed E-state index contributed by atoms with van der Waals surface area (Å²) in [6, 6.07) is -0.177. The van der Waals surface area contributed by atoms with E-state index in [0.29, 0.717) is 24.8 Å². The molecule has 0 aromatic carbocycles. The number of methoxy groups -OCH3 is 1. The fourth-order valence-corrected chi connectivity index (χ4v) is 1.93. The molecule has 1 aromatic rings. The van der Waals surface area contributed by atoms with Crippen LogP contribution in [0.2, 0.25) is 5.02 Å². The zero-order chi connectivity index (χ0) is 13.4. The van der Waals surface area contributed by atoms with Crippen LogP contribution in [0.5, 0.6) is 0 Å². The van der Waals surface area contributed by atoms with E-state index in [1.54, 1.807) is 13.3 Å².